The van der Waals surface area contributed by atoms with Crippen molar-refractivity contribution in [1.82, 2.24) is 9.21 Å². The predicted molar refractivity (Wildman–Crippen MR) is 76.5 cm³/mol. The Balaban J connectivity index is 1.84. The van der Waals surface area contributed by atoms with E-state index < -0.39 is 15.5 Å². The highest BCUT2D eigenvalue weighted by atomic mass is 32.2. The van der Waals surface area contributed by atoms with Gasteiger partial charge in [-0.1, -0.05) is 0 Å². The lowest BCUT2D eigenvalue weighted by Crippen LogP contribution is -2.45. The second-order valence-electron chi connectivity index (χ2n) is 5.83. The molecule has 1 aliphatic heterocycles. The maximum atomic E-state index is 12.5. The molecule has 2 aliphatic rings. The fourth-order valence-corrected chi connectivity index (χ4v) is 3.45. The summed E-state index contributed by atoms with van der Waals surface area (Å²) in [5.74, 6) is 0.499. The van der Waals surface area contributed by atoms with Crippen LogP contribution in [-0.2, 0) is 10.0 Å². The van der Waals surface area contributed by atoms with Crippen LogP contribution in [0, 0.1) is 5.92 Å². The summed E-state index contributed by atoms with van der Waals surface area (Å²) in [5.41, 5.74) is 0.623. The standard InChI is InChI=1S/C12H21F3N4O2S/c1-18(10-2-3-10)11(16)17-8-9-4-6-19(7-5-9)22(20,21)12(13,14)15/h9-10H,2-8H2,1H3,(H2,16,17). The lowest BCUT2D eigenvalue weighted by molar-refractivity contribution is -0.0496. The Morgan fingerprint density at radius 1 is 1.27 bits per heavy atom. The number of halogens is 3. The first-order chi connectivity index (χ1) is 10.1. The summed E-state index contributed by atoms with van der Waals surface area (Å²) in [6, 6.07) is 0.447. The van der Waals surface area contributed by atoms with E-state index in [4.69, 9.17) is 5.73 Å². The molecular formula is C12H21F3N4O2S. The van der Waals surface area contributed by atoms with Crippen molar-refractivity contribution < 1.29 is 21.6 Å². The molecule has 0 spiro atoms. The molecule has 1 aliphatic carbocycles. The highest BCUT2D eigenvalue weighted by Crippen LogP contribution is 2.30. The van der Waals surface area contributed by atoms with Gasteiger partial charge in [-0.15, -0.1) is 0 Å². The van der Waals surface area contributed by atoms with Crippen LogP contribution in [0.15, 0.2) is 4.99 Å². The third kappa shape index (κ3) is 3.83. The molecule has 0 radical (unpaired) electrons. The second-order valence-corrected chi connectivity index (χ2v) is 7.76. The van der Waals surface area contributed by atoms with Crippen LogP contribution in [0.25, 0.3) is 0 Å². The number of piperidine rings is 1. The number of alkyl halides is 3. The summed E-state index contributed by atoms with van der Waals surface area (Å²) in [6.45, 7) is 0.170. The fraction of sp³-hybridized carbons (Fsp3) is 0.917. The highest BCUT2D eigenvalue weighted by molar-refractivity contribution is 7.90. The molecular weight excluding hydrogens is 321 g/mol. The van der Waals surface area contributed by atoms with E-state index in [-0.39, 0.29) is 19.0 Å². The summed E-state index contributed by atoms with van der Waals surface area (Å²) in [4.78, 5) is 6.18. The Hall–Kier alpha value is -1.03. The van der Waals surface area contributed by atoms with Crippen molar-refractivity contribution in [3.05, 3.63) is 0 Å². The van der Waals surface area contributed by atoms with E-state index >= 15 is 0 Å². The quantitative estimate of drug-likeness (QED) is 0.610. The van der Waals surface area contributed by atoms with Crippen molar-refractivity contribution in [1.29, 1.82) is 0 Å². The molecule has 0 unspecified atom stereocenters. The number of sulfonamides is 1. The first kappa shape index (κ1) is 17.3. The summed E-state index contributed by atoms with van der Waals surface area (Å²) < 4.78 is 60.5. The Bertz CT molecular complexity index is 523. The Labute approximate surface area is 128 Å². The van der Waals surface area contributed by atoms with Crippen LogP contribution in [0.4, 0.5) is 13.2 Å². The normalized spacial score (nSPS) is 22.8. The van der Waals surface area contributed by atoms with Crippen molar-refractivity contribution in [3.63, 3.8) is 0 Å². The van der Waals surface area contributed by atoms with Gasteiger partial charge in [-0.3, -0.25) is 4.99 Å². The molecule has 0 aromatic rings. The van der Waals surface area contributed by atoms with Gasteiger partial charge in [0.15, 0.2) is 5.96 Å². The topological polar surface area (TPSA) is 79.0 Å². The van der Waals surface area contributed by atoms with E-state index in [1.807, 2.05) is 11.9 Å². The zero-order valence-electron chi connectivity index (χ0n) is 12.4. The van der Waals surface area contributed by atoms with Gasteiger partial charge < -0.3 is 10.6 Å². The van der Waals surface area contributed by atoms with Crippen molar-refractivity contribution in [2.75, 3.05) is 26.7 Å². The Morgan fingerprint density at radius 3 is 2.27 bits per heavy atom. The minimum absolute atomic E-state index is 0.0610. The minimum Gasteiger partial charge on any atom is -0.370 e. The van der Waals surface area contributed by atoms with E-state index in [2.05, 4.69) is 4.99 Å². The third-order valence-corrected chi connectivity index (χ3v) is 5.80. The van der Waals surface area contributed by atoms with E-state index in [1.165, 1.54) is 0 Å². The van der Waals surface area contributed by atoms with Gasteiger partial charge in [0, 0.05) is 32.7 Å². The third-order valence-electron chi connectivity index (χ3n) is 4.17. The lowest BCUT2D eigenvalue weighted by atomic mass is 9.98. The number of nitrogens with two attached hydrogens (primary N) is 1. The van der Waals surface area contributed by atoms with Gasteiger partial charge in [0.2, 0.25) is 0 Å². The number of aliphatic imine (C=N–C) groups is 1. The monoisotopic (exact) mass is 342 g/mol. The first-order valence-corrected chi connectivity index (χ1v) is 8.66. The molecule has 2 N–H and O–H groups in total. The molecule has 0 bridgehead atoms. The second kappa shape index (κ2) is 6.23. The summed E-state index contributed by atoms with van der Waals surface area (Å²) in [6.07, 6.45) is 2.92. The van der Waals surface area contributed by atoms with Crippen molar-refractivity contribution in [2.24, 2.45) is 16.6 Å². The summed E-state index contributed by atoms with van der Waals surface area (Å²) in [5, 5.41) is 0. The number of nitrogens with zero attached hydrogens (tertiary/aromatic N) is 3. The van der Waals surface area contributed by atoms with Crippen molar-refractivity contribution >= 4 is 16.0 Å². The first-order valence-electron chi connectivity index (χ1n) is 7.22. The van der Waals surface area contributed by atoms with Gasteiger partial charge in [0.1, 0.15) is 0 Å². The molecule has 128 valence electrons. The maximum Gasteiger partial charge on any atom is 0.511 e. The minimum atomic E-state index is -5.23. The van der Waals surface area contributed by atoms with Gasteiger partial charge in [-0.05, 0) is 31.6 Å². The largest absolute Gasteiger partial charge is 0.511 e. The fourth-order valence-electron chi connectivity index (χ4n) is 2.46. The molecule has 0 aromatic carbocycles. The van der Waals surface area contributed by atoms with Crippen molar-refractivity contribution in [3.8, 4) is 0 Å². The molecule has 2 fully saturated rings. The van der Waals surface area contributed by atoms with Gasteiger partial charge in [-0.25, -0.2) is 8.42 Å². The molecule has 1 saturated heterocycles. The van der Waals surface area contributed by atoms with Crippen molar-refractivity contribution in [2.45, 2.75) is 37.2 Å². The predicted octanol–water partition coefficient (Wildman–Crippen LogP) is 0.957. The maximum absolute atomic E-state index is 12.5. The lowest BCUT2D eigenvalue weighted by Gasteiger charge is -2.31. The average molecular weight is 342 g/mol. The van der Waals surface area contributed by atoms with Crippen LogP contribution in [0.3, 0.4) is 0 Å². The molecule has 22 heavy (non-hydrogen) atoms. The number of rotatable bonds is 4. The summed E-state index contributed by atoms with van der Waals surface area (Å²) >= 11 is 0. The molecule has 1 heterocycles. The zero-order valence-corrected chi connectivity index (χ0v) is 13.2. The molecule has 1 saturated carbocycles. The number of hydrogen-bond donors (Lipinski definition) is 1. The molecule has 0 amide bonds. The zero-order chi connectivity index (χ0) is 16.5. The van der Waals surface area contributed by atoms with Crippen LogP contribution in [0.2, 0.25) is 0 Å². The molecule has 0 atom stereocenters. The van der Waals surface area contributed by atoms with Gasteiger partial charge >= 0.3 is 15.5 Å². The van der Waals surface area contributed by atoms with E-state index in [0.717, 1.165) is 12.8 Å². The SMILES string of the molecule is CN(C(N)=NCC1CCN(S(=O)(=O)C(F)(F)F)CC1)C1CC1. The Kier molecular flexibility index (Phi) is 4.90. The molecule has 2 rings (SSSR count). The number of guanidine groups is 1. The van der Waals surface area contributed by atoms with Gasteiger partial charge in [-0.2, -0.15) is 17.5 Å². The summed E-state index contributed by atoms with van der Waals surface area (Å²) in [7, 11) is -3.34. The molecule has 10 heteroatoms. The van der Waals surface area contributed by atoms with Gasteiger partial charge in [0.05, 0.1) is 0 Å². The van der Waals surface area contributed by atoms with Crippen LogP contribution in [0.5, 0.6) is 0 Å². The van der Waals surface area contributed by atoms with Crippen LogP contribution in [-0.4, -0.2) is 61.8 Å². The van der Waals surface area contributed by atoms with Crippen LogP contribution >= 0.6 is 0 Å². The Morgan fingerprint density at radius 2 is 1.82 bits per heavy atom. The molecule has 0 aromatic heterocycles. The van der Waals surface area contributed by atoms with Crippen LogP contribution < -0.4 is 5.73 Å². The molecule has 6 nitrogen and oxygen atoms in total. The van der Waals surface area contributed by atoms with E-state index in [1.54, 1.807) is 0 Å². The number of hydrogen-bond acceptors (Lipinski definition) is 3. The van der Waals surface area contributed by atoms with Gasteiger partial charge in [0.25, 0.3) is 0 Å². The smallest absolute Gasteiger partial charge is 0.370 e. The average Bonchev–Trinajstić information content (AvgIpc) is 3.27. The van der Waals surface area contributed by atoms with E-state index in [0.29, 0.717) is 35.7 Å². The van der Waals surface area contributed by atoms with Crippen LogP contribution in [0.1, 0.15) is 25.7 Å². The highest BCUT2D eigenvalue weighted by Gasteiger charge is 2.50. The van der Waals surface area contributed by atoms with E-state index in [9.17, 15) is 21.6 Å².